The van der Waals surface area contributed by atoms with Crippen molar-refractivity contribution in [1.29, 1.82) is 0 Å². The van der Waals surface area contributed by atoms with Crippen LogP contribution in [-0.4, -0.2) is 22.6 Å². The number of amides is 1. The summed E-state index contributed by atoms with van der Waals surface area (Å²) in [6.07, 6.45) is 3.69. The van der Waals surface area contributed by atoms with Gasteiger partial charge in [-0.1, -0.05) is 25.4 Å². The van der Waals surface area contributed by atoms with Crippen LogP contribution >= 0.6 is 0 Å². The molecule has 1 saturated carbocycles. The van der Waals surface area contributed by atoms with E-state index in [0.29, 0.717) is 28.6 Å². The molecular formula is C18H23N3O2. The van der Waals surface area contributed by atoms with Crippen LogP contribution in [0.25, 0.3) is 11.5 Å². The zero-order valence-corrected chi connectivity index (χ0v) is 13.9. The van der Waals surface area contributed by atoms with Gasteiger partial charge in [-0.15, -0.1) is 0 Å². The summed E-state index contributed by atoms with van der Waals surface area (Å²) < 4.78 is 5.13. The lowest BCUT2D eigenvalue weighted by molar-refractivity contribution is 0.0937. The standard InChI is InChI=1S/C18H23N3O2/c1-12-20-17(23-21-12)14-8-6-13(7-9-14)16(22)19-11-15-5-4-10-18(15,2)3/h6-9,15H,4-5,10-11H2,1-3H3,(H,19,22). The van der Waals surface area contributed by atoms with Crippen LogP contribution in [0.3, 0.4) is 0 Å². The molecule has 1 aliphatic rings. The summed E-state index contributed by atoms with van der Waals surface area (Å²) in [5.74, 6) is 1.61. The lowest BCUT2D eigenvalue weighted by Gasteiger charge is -2.27. The Hall–Kier alpha value is -2.17. The van der Waals surface area contributed by atoms with Gasteiger partial charge in [-0.3, -0.25) is 4.79 Å². The van der Waals surface area contributed by atoms with Crippen molar-refractivity contribution in [2.75, 3.05) is 6.54 Å². The minimum atomic E-state index is -0.0269. The molecule has 1 atom stereocenters. The third kappa shape index (κ3) is 3.44. The molecule has 1 aliphatic carbocycles. The summed E-state index contributed by atoms with van der Waals surface area (Å²) in [6, 6.07) is 7.26. The summed E-state index contributed by atoms with van der Waals surface area (Å²) in [7, 11) is 0. The van der Waals surface area contributed by atoms with Gasteiger partial charge in [0.15, 0.2) is 5.82 Å². The number of carbonyl (C=O) groups is 1. The molecule has 0 spiro atoms. The zero-order chi connectivity index (χ0) is 16.4. The van der Waals surface area contributed by atoms with Gasteiger partial charge in [0, 0.05) is 17.7 Å². The maximum Gasteiger partial charge on any atom is 0.257 e. The first-order chi connectivity index (χ1) is 11.0. The molecule has 1 fully saturated rings. The van der Waals surface area contributed by atoms with E-state index in [2.05, 4.69) is 29.3 Å². The average Bonchev–Trinajstić information content (AvgIpc) is 3.10. The van der Waals surface area contributed by atoms with Crippen LogP contribution in [0.15, 0.2) is 28.8 Å². The van der Waals surface area contributed by atoms with Gasteiger partial charge in [0.25, 0.3) is 11.8 Å². The molecule has 1 amide bonds. The van der Waals surface area contributed by atoms with Crippen LogP contribution in [0.5, 0.6) is 0 Å². The van der Waals surface area contributed by atoms with E-state index in [1.165, 1.54) is 19.3 Å². The van der Waals surface area contributed by atoms with Crippen molar-refractivity contribution in [1.82, 2.24) is 15.5 Å². The summed E-state index contributed by atoms with van der Waals surface area (Å²) in [6.45, 7) is 7.10. The Morgan fingerprint density at radius 1 is 1.35 bits per heavy atom. The predicted molar refractivity (Wildman–Crippen MR) is 87.9 cm³/mol. The fourth-order valence-corrected chi connectivity index (χ4v) is 3.27. The summed E-state index contributed by atoms with van der Waals surface area (Å²) in [5, 5.41) is 6.84. The van der Waals surface area contributed by atoms with Crippen LogP contribution in [0.4, 0.5) is 0 Å². The Bertz CT molecular complexity index is 689. The zero-order valence-electron chi connectivity index (χ0n) is 13.9. The van der Waals surface area contributed by atoms with Crippen LogP contribution in [0, 0.1) is 18.3 Å². The van der Waals surface area contributed by atoms with Crippen molar-refractivity contribution in [3.8, 4) is 11.5 Å². The van der Waals surface area contributed by atoms with E-state index in [-0.39, 0.29) is 5.91 Å². The van der Waals surface area contributed by atoms with E-state index >= 15 is 0 Å². The van der Waals surface area contributed by atoms with Gasteiger partial charge in [-0.25, -0.2) is 0 Å². The molecule has 0 saturated heterocycles. The summed E-state index contributed by atoms with van der Waals surface area (Å²) in [5.41, 5.74) is 1.80. The lowest BCUT2D eigenvalue weighted by atomic mass is 9.82. The van der Waals surface area contributed by atoms with Crippen molar-refractivity contribution < 1.29 is 9.32 Å². The third-order valence-corrected chi connectivity index (χ3v) is 4.91. The number of hydrogen-bond acceptors (Lipinski definition) is 4. The van der Waals surface area contributed by atoms with E-state index in [1.54, 1.807) is 19.1 Å². The minimum Gasteiger partial charge on any atom is -0.352 e. The van der Waals surface area contributed by atoms with Crippen molar-refractivity contribution in [2.24, 2.45) is 11.3 Å². The van der Waals surface area contributed by atoms with Crippen molar-refractivity contribution in [3.05, 3.63) is 35.7 Å². The number of carbonyl (C=O) groups excluding carboxylic acids is 1. The second-order valence-corrected chi connectivity index (χ2v) is 7.01. The van der Waals surface area contributed by atoms with Crippen LogP contribution in [-0.2, 0) is 0 Å². The maximum atomic E-state index is 12.3. The normalized spacial score (nSPS) is 19.7. The second kappa shape index (κ2) is 6.14. The molecule has 1 aromatic heterocycles. The van der Waals surface area contributed by atoms with Crippen LogP contribution < -0.4 is 5.32 Å². The lowest BCUT2D eigenvalue weighted by Crippen LogP contribution is -2.33. The third-order valence-electron chi connectivity index (χ3n) is 4.91. The topological polar surface area (TPSA) is 68.0 Å². The van der Waals surface area contributed by atoms with Crippen molar-refractivity contribution in [3.63, 3.8) is 0 Å². The van der Waals surface area contributed by atoms with E-state index in [1.807, 2.05) is 12.1 Å². The highest BCUT2D eigenvalue weighted by Crippen LogP contribution is 2.42. The molecule has 1 heterocycles. The van der Waals surface area contributed by atoms with E-state index < -0.39 is 0 Å². The first kappa shape index (κ1) is 15.7. The highest BCUT2D eigenvalue weighted by atomic mass is 16.5. The Morgan fingerprint density at radius 3 is 2.65 bits per heavy atom. The monoisotopic (exact) mass is 313 g/mol. The van der Waals surface area contributed by atoms with Gasteiger partial charge < -0.3 is 9.84 Å². The molecule has 2 aromatic rings. The van der Waals surface area contributed by atoms with Gasteiger partial charge >= 0.3 is 0 Å². The number of nitrogens with zero attached hydrogens (tertiary/aromatic N) is 2. The second-order valence-electron chi connectivity index (χ2n) is 7.01. The highest BCUT2D eigenvalue weighted by Gasteiger charge is 2.34. The number of aromatic nitrogens is 2. The van der Waals surface area contributed by atoms with Gasteiger partial charge in [-0.2, -0.15) is 4.98 Å². The fourth-order valence-electron chi connectivity index (χ4n) is 3.27. The largest absolute Gasteiger partial charge is 0.352 e. The Labute approximate surface area is 136 Å². The van der Waals surface area contributed by atoms with Gasteiger partial charge in [0.2, 0.25) is 0 Å². The molecular weight excluding hydrogens is 290 g/mol. The molecule has 122 valence electrons. The Morgan fingerprint density at radius 2 is 2.09 bits per heavy atom. The van der Waals surface area contributed by atoms with E-state index in [0.717, 1.165) is 12.1 Å². The molecule has 5 heteroatoms. The molecule has 1 N–H and O–H groups in total. The Balaban J connectivity index is 1.62. The molecule has 23 heavy (non-hydrogen) atoms. The number of benzene rings is 1. The Kier molecular flexibility index (Phi) is 4.20. The number of hydrogen-bond donors (Lipinski definition) is 1. The number of aryl methyl sites for hydroxylation is 1. The first-order valence-electron chi connectivity index (χ1n) is 8.15. The smallest absolute Gasteiger partial charge is 0.257 e. The number of nitrogens with one attached hydrogen (secondary N) is 1. The SMILES string of the molecule is Cc1noc(-c2ccc(C(=O)NCC3CCCC3(C)C)cc2)n1. The molecule has 5 nitrogen and oxygen atoms in total. The molecule has 0 radical (unpaired) electrons. The molecule has 1 aromatic carbocycles. The average molecular weight is 313 g/mol. The highest BCUT2D eigenvalue weighted by molar-refractivity contribution is 5.94. The fraction of sp³-hybridized carbons (Fsp3) is 0.500. The molecule has 0 aliphatic heterocycles. The quantitative estimate of drug-likeness (QED) is 0.936. The predicted octanol–water partition coefficient (Wildman–Crippen LogP) is 3.60. The van der Waals surface area contributed by atoms with E-state index in [4.69, 9.17) is 4.52 Å². The van der Waals surface area contributed by atoms with Gasteiger partial charge in [0.05, 0.1) is 0 Å². The van der Waals surface area contributed by atoms with Gasteiger partial charge in [0.1, 0.15) is 0 Å². The summed E-state index contributed by atoms with van der Waals surface area (Å²) >= 11 is 0. The van der Waals surface area contributed by atoms with Crippen LogP contribution in [0.1, 0.15) is 49.3 Å². The molecule has 1 unspecified atom stereocenters. The first-order valence-corrected chi connectivity index (χ1v) is 8.15. The number of rotatable bonds is 4. The van der Waals surface area contributed by atoms with Gasteiger partial charge in [-0.05, 0) is 55.4 Å². The minimum absolute atomic E-state index is 0.0269. The van der Waals surface area contributed by atoms with Crippen molar-refractivity contribution >= 4 is 5.91 Å². The summed E-state index contributed by atoms with van der Waals surface area (Å²) in [4.78, 5) is 16.5. The molecule has 3 rings (SSSR count). The van der Waals surface area contributed by atoms with Crippen molar-refractivity contribution in [2.45, 2.75) is 40.0 Å². The maximum absolute atomic E-state index is 12.3. The van der Waals surface area contributed by atoms with E-state index in [9.17, 15) is 4.79 Å². The molecule has 0 bridgehead atoms. The van der Waals surface area contributed by atoms with Crippen LogP contribution in [0.2, 0.25) is 0 Å².